The van der Waals surface area contributed by atoms with Crippen molar-refractivity contribution < 1.29 is 4.42 Å². The molecule has 1 nitrogen and oxygen atoms in total. The van der Waals surface area contributed by atoms with E-state index in [0.29, 0.717) is 5.54 Å². The lowest BCUT2D eigenvalue weighted by molar-refractivity contribution is 0.564. The quantitative estimate of drug-likeness (QED) is 0.426. The van der Waals surface area contributed by atoms with E-state index in [1.54, 1.807) is 6.26 Å². The molecule has 0 saturated carbocycles. The maximum atomic E-state index is 5.17. The van der Waals surface area contributed by atoms with Crippen LogP contribution in [-0.4, -0.2) is 8.07 Å². The summed E-state index contributed by atoms with van der Waals surface area (Å²) in [5, 5.41) is 0. The predicted molar refractivity (Wildman–Crippen MR) is 72.1 cm³/mol. The first-order valence-corrected chi connectivity index (χ1v) is 9.64. The molecule has 0 fully saturated rings. The zero-order valence-corrected chi connectivity index (χ0v) is 11.8. The number of unbranched alkanes of at least 4 members (excludes halogenated alkanes) is 2. The van der Waals surface area contributed by atoms with Crippen LogP contribution in [0.1, 0.15) is 37.3 Å². The topological polar surface area (TPSA) is 13.1 Å². The van der Waals surface area contributed by atoms with E-state index < -0.39 is 8.07 Å². The van der Waals surface area contributed by atoms with E-state index in [1.807, 2.05) is 6.26 Å². The van der Waals surface area contributed by atoms with Crippen LogP contribution in [0.3, 0.4) is 0 Å². The van der Waals surface area contributed by atoms with Crippen LogP contribution in [0.4, 0.5) is 0 Å². The average Bonchev–Trinajstić information content (AvgIpc) is 2.68. The van der Waals surface area contributed by atoms with E-state index in [-0.39, 0.29) is 0 Å². The van der Waals surface area contributed by atoms with E-state index in [2.05, 4.69) is 44.5 Å². The van der Waals surface area contributed by atoms with E-state index in [0.717, 1.165) is 6.42 Å². The maximum Gasteiger partial charge on any atom is 0.0944 e. The van der Waals surface area contributed by atoms with Gasteiger partial charge in [0, 0.05) is 17.5 Å². The summed E-state index contributed by atoms with van der Waals surface area (Å²) < 4.78 is 5.17. The van der Waals surface area contributed by atoms with Crippen LogP contribution in [0.25, 0.3) is 0 Å². The number of furan rings is 1. The fourth-order valence-electron chi connectivity index (χ4n) is 1.68. The van der Waals surface area contributed by atoms with E-state index in [4.69, 9.17) is 4.42 Å². The van der Waals surface area contributed by atoms with Gasteiger partial charge in [-0.05, 0) is 12.5 Å². The molecular weight excluding hydrogens is 212 g/mol. The lowest BCUT2D eigenvalue weighted by Gasteiger charge is -2.23. The smallest absolute Gasteiger partial charge is 0.0944 e. The molecule has 0 amide bonds. The molecule has 0 aliphatic heterocycles. The molecule has 1 aromatic rings. The standard InChI is InChI=1S/C14H22OSi/c1-5-6-7-8-9-14(16(2,3)4)13-10-11-15-12-13/h10-12,14H,5-7H2,1-4H3. The summed E-state index contributed by atoms with van der Waals surface area (Å²) in [6, 6.07) is 2.05. The lowest BCUT2D eigenvalue weighted by atomic mass is 10.2. The fraction of sp³-hybridized carbons (Fsp3) is 0.571. The molecule has 1 unspecified atom stereocenters. The van der Waals surface area contributed by atoms with Gasteiger partial charge < -0.3 is 4.42 Å². The predicted octanol–water partition coefficient (Wildman–Crippen LogP) is 4.43. The normalized spacial score (nSPS) is 13.0. The van der Waals surface area contributed by atoms with Gasteiger partial charge in [0.1, 0.15) is 0 Å². The van der Waals surface area contributed by atoms with E-state index in [9.17, 15) is 0 Å². The Morgan fingerprint density at radius 1 is 1.38 bits per heavy atom. The average molecular weight is 234 g/mol. The van der Waals surface area contributed by atoms with Gasteiger partial charge in [-0.2, -0.15) is 0 Å². The highest BCUT2D eigenvalue weighted by Crippen LogP contribution is 2.26. The maximum absolute atomic E-state index is 5.17. The molecule has 88 valence electrons. The van der Waals surface area contributed by atoms with Gasteiger partial charge >= 0.3 is 0 Å². The van der Waals surface area contributed by atoms with E-state index in [1.165, 1.54) is 18.4 Å². The highest BCUT2D eigenvalue weighted by molar-refractivity contribution is 6.78. The van der Waals surface area contributed by atoms with Gasteiger partial charge in [0.15, 0.2) is 0 Å². The Morgan fingerprint density at radius 2 is 2.12 bits per heavy atom. The number of rotatable bonds is 4. The van der Waals surface area contributed by atoms with Gasteiger partial charge in [0.2, 0.25) is 0 Å². The van der Waals surface area contributed by atoms with Crippen LogP contribution < -0.4 is 0 Å². The van der Waals surface area contributed by atoms with Crippen molar-refractivity contribution in [1.29, 1.82) is 0 Å². The van der Waals surface area contributed by atoms with Crippen LogP contribution in [0.5, 0.6) is 0 Å². The second-order valence-corrected chi connectivity index (χ2v) is 10.6. The molecule has 1 heterocycles. The van der Waals surface area contributed by atoms with Crippen LogP contribution in [0, 0.1) is 11.8 Å². The zero-order chi connectivity index (χ0) is 12.0. The molecule has 0 saturated heterocycles. The highest BCUT2D eigenvalue weighted by Gasteiger charge is 2.27. The van der Waals surface area contributed by atoms with Gasteiger partial charge in [0.05, 0.1) is 20.6 Å². The summed E-state index contributed by atoms with van der Waals surface area (Å²) in [7, 11) is -1.29. The summed E-state index contributed by atoms with van der Waals surface area (Å²) >= 11 is 0. The Bertz CT molecular complexity index is 348. The van der Waals surface area contributed by atoms with Crippen LogP contribution >= 0.6 is 0 Å². The summed E-state index contributed by atoms with van der Waals surface area (Å²) in [6.45, 7) is 9.28. The monoisotopic (exact) mass is 234 g/mol. The molecule has 0 aliphatic carbocycles. The van der Waals surface area contributed by atoms with Crippen LogP contribution in [-0.2, 0) is 0 Å². The summed E-state index contributed by atoms with van der Waals surface area (Å²) in [5.41, 5.74) is 1.66. The largest absolute Gasteiger partial charge is 0.472 e. The summed E-state index contributed by atoms with van der Waals surface area (Å²) in [5.74, 6) is 6.77. The van der Waals surface area contributed by atoms with Crippen LogP contribution in [0.15, 0.2) is 23.0 Å². The van der Waals surface area contributed by atoms with Gasteiger partial charge in [-0.3, -0.25) is 0 Å². The molecule has 16 heavy (non-hydrogen) atoms. The Labute approximate surface area is 100 Å². The van der Waals surface area contributed by atoms with Gasteiger partial charge in [-0.25, -0.2) is 0 Å². The molecule has 0 radical (unpaired) electrons. The fourth-order valence-corrected chi connectivity index (χ4v) is 3.38. The third-order valence-electron chi connectivity index (χ3n) is 2.64. The van der Waals surface area contributed by atoms with Crippen LogP contribution in [0.2, 0.25) is 19.6 Å². The van der Waals surface area contributed by atoms with E-state index >= 15 is 0 Å². The van der Waals surface area contributed by atoms with Crippen molar-refractivity contribution in [3.63, 3.8) is 0 Å². The first kappa shape index (κ1) is 13.1. The minimum Gasteiger partial charge on any atom is -0.472 e. The first-order chi connectivity index (χ1) is 7.55. The molecule has 0 N–H and O–H groups in total. The van der Waals surface area contributed by atoms with Gasteiger partial charge in [-0.15, -0.1) is 5.92 Å². The minimum atomic E-state index is -1.29. The summed E-state index contributed by atoms with van der Waals surface area (Å²) in [4.78, 5) is 0. The van der Waals surface area contributed by atoms with Crippen molar-refractivity contribution in [1.82, 2.24) is 0 Å². The Morgan fingerprint density at radius 3 is 2.62 bits per heavy atom. The highest BCUT2D eigenvalue weighted by atomic mass is 28.3. The molecule has 0 aromatic carbocycles. The van der Waals surface area contributed by atoms with Crippen molar-refractivity contribution in [3.8, 4) is 11.8 Å². The molecule has 1 rings (SSSR count). The number of hydrogen-bond donors (Lipinski definition) is 0. The summed E-state index contributed by atoms with van der Waals surface area (Å²) in [6.07, 6.45) is 7.04. The third kappa shape index (κ3) is 3.90. The first-order valence-electron chi connectivity index (χ1n) is 6.06. The minimum absolute atomic E-state index is 0.406. The third-order valence-corrected chi connectivity index (χ3v) is 4.85. The molecule has 1 atom stereocenters. The Balaban J connectivity index is 2.76. The molecular formula is C14H22OSi. The van der Waals surface area contributed by atoms with Crippen molar-refractivity contribution in [2.75, 3.05) is 0 Å². The second kappa shape index (κ2) is 5.96. The zero-order valence-electron chi connectivity index (χ0n) is 10.8. The molecule has 0 aliphatic rings. The lowest BCUT2D eigenvalue weighted by Crippen LogP contribution is -2.29. The molecule has 1 aromatic heterocycles. The van der Waals surface area contributed by atoms with Crippen molar-refractivity contribution in [2.45, 2.75) is 51.4 Å². The van der Waals surface area contributed by atoms with Crippen molar-refractivity contribution >= 4 is 8.07 Å². The number of hydrogen-bond acceptors (Lipinski definition) is 1. The van der Waals surface area contributed by atoms with Gasteiger partial charge in [-0.1, -0.05) is 38.9 Å². The van der Waals surface area contributed by atoms with Gasteiger partial charge in [0.25, 0.3) is 0 Å². The van der Waals surface area contributed by atoms with Crippen molar-refractivity contribution in [3.05, 3.63) is 24.2 Å². The Kier molecular flexibility index (Phi) is 4.89. The SMILES string of the molecule is CCCCC#CC(c1ccoc1)[Si](C)(C)C. The van der Waals surface area contributed by atoms with Crippen molar-refractivity contribution in [2.24, 2.45) is 0 Å². The second-order valence-electron chi connectivity index (χ2n) is 5.28. The molecule has 0 bridgehead atoms. The Hall–Kier alpha value is -0.943. The molecule has 0 spiro atoms. The molecule has 2 heteroatoms.